The van der Waals surface area contributed by atoms with Crippen molar-refractivity contribution in [1.29, 1.82) is 0 Å². The molecule has 270 valence electrons. The fourth-order valence-corrected chi connectivity index (χ4v) is 8.94. The average Bonchev–Trinajstić information content (AvgIpc) is 3.80. The van der Waals surface area contributed by atoms with E-state index in [4.69, 9.17) is 11.3 Å². The van der Waals surface area contributed by atoms with Crippen LogP contribution in [0.15, 0.2) is 204 Å². The maximum Gasteiger partial charge on any atom is 0.143 e. The molecule has 0 aliphatic heterocycles. The van der Waals surface area contributed by atoms with E-state index in [9.17, 15) is 0 Å². The first-order valence-corrected chi connectivity index (χ1v) is 19.3. The summed E-state index contributed by atoms with van der Waals surface area (Å²) in [6.45, 7) is 4.63. The van der Waals surface area contributed by atoms with Gasteiger partial charge in [-0.2, -0.15) is 0 Å². The van der Waals surface area contributed by atoms with Gasteiger partial charge in [-0.1, -0.05) is 171 Å². The van der Waals surface area contributed by atoms with E-state index in [-0.39, 0.29) is 35.1 Å². The Bertz CT molecular complexity index is 3400. The second kappa shape index (κ2) is 13.0. The molecule has 0 amide bonds. The molecule has 0 spiro atoms. The average molecular weight is 735 g/mol. The first-order chi connectivity index (χ1) is 30.1. The zero-order valence-electron chi connectivity index (χ0n) is 36.5. The van der Waals surface area contributed by atoms with Crippen molar-refractivity contribution in [3.8, 4) is 44.5 Å². The summed E-state index contributed by atoms with van der Waals surface area (Å²) in [5.41, 5.74) is 14.6. The largest absolute Gasteiger partial charge is 0.455 e. The quantitative estimate of drug-likeness (QED) is 0.169. The molecule has 0 bridgehead atoms. The predicted octanol–water partition coefficient (Wildman–Crippen LogP) is 15.5. The summed E-state index contributed by atoms with van der Waals surface area (Å²) >= 11 is 0. The van der Waals surface area contributed by atoms with Gasteiger partial charge in [0.2, 0.25) is 0 Å². The van der Waals surface area contributed by atoms with Crippen LogP contribution in [0.2, 0.25) is 0 Å². The van der Waals surface area contributed by atoms with Crippen LogP contribution in [0.1, 0.15) is 31.8 Å². The van der Waals surface area contributed by atoms with Crippen molar-refractivity contribution in [2.45, 2.75) is 19.3 Å². The number of fused-ring (bicyclic) bond motifs is 8. The number of rotatable bonds is 6. The minimum atomic E-state index is -0.412. The van der Waals surface area contributed by atoms with E-state index in [1.165, 1.54) is 27.8 Å². The fraction of sp³-hybridized carbons (Fsp3) is 0.0545. The molecule has 9 aromatic carbocycles. The Morgan fingerprint density at radius 2 is 0.982 bits per heavy atom. The molecule has 1 aliphatic carbocycles. The monoisotopic (exact) mass is 734 g/mol. The molecule has 0 saturated heterocycles. The van der Waals surface area contributed by atoms with Crippen LogP contribution in [0, 0.1) is 0 Å². The van der Waals surface area contributed by atoms with Crippen LogP contribution in [0.3, 0.4) is 0 Å². The molecule has 1 aliphatic rings. The highest BCUT2D eigenvalue weighted by Gasteiger charge is 2.35. The summed E-state index contributed by atoms with van der Waals surface area (Å²) < 4.78 is 49.4. The highest BCUT2D eigenvalue weighted by molar-refractivity contribution is 6.20. The summed E-state index contributed by atoms with van der Waals surface area (Å²) in [6.07, 6.45) is 0. The zero-order chi connectivity index (χ0) is 42.4. The molecule has 1 aromatic heterocycles. The van der Waals surface area contributed by atoms with Gasteiger partial charge in [0, 0.05) is 44.2 Å². The normalized spacial score (nSPS) is 14.1. The fourth-order valence-electron chi connectivity index (χ4n) is 8.94. The highest BCUT2D eigenvalue weighted by Crippen LogP contribution is 2.51. The number of furan rings is 1. The molecular formula is C55H39NO. The smallest absolute Gasteiger partial charge is 0.143 e. The number of nitrogens with zero attached hydrogens (tertiary/aromatic N) is 1. The number of benzene rings is 9. The lowest BCUT2D eigenvalue weighted by Gasteiger charge is -2.28. The summed E-state index contributed by atoms with van der Waals surface area (Å²) in [6, 6.07) is 57.6. The van der Waals surface area contributed by atoms with Gasteiger partial charge in [-0.25, -0.2) is 0 Å². The number of anilines is 3. The molecule has 10 aromatic rings. The lowest BCUT2D eigenvalue weighted by molar-refractivity contribution is 0.660. The van der Waals surface area contributed by atoms with E-state index < -0.39 is 6.04 Å². The Hall–Kier alpha value is -7.16. The molecule has 0 atom stereocenters. The molecule has 11 rings (SSSR count). The van der Waals surface area contributed by atoms with E-state index >= 15 is 0 Å². The number of para-hydroxylation sites is 1. The lowest BCUT2D eigenvalue weighted by Crippen LogP contribution is -2.16. The zero-order valence-corrected chi connectivity index (χ0v) is 31.5. The molecule has 1 heterocycles. The van der Waals surface area contributed by atoms with Crippen LogP contribution in [0.25, 0.3) is 77.2 Å². The minimum Gasteiger partial charge on any atom is -0.455 e. The van der Waals surface area contributed by atoms with Crippen LogP contribution in [-0.2, 0) is 5.41 Å². The van der Waals surface area contributed by atoms with Gasteiger partial charge < -0.3 is 9.32 Å². The predicted molar refractivity (Wildman–Crippen MR) is 240 cm³/mol. The molecule has 0 N–H and O–H groups in total. The Kier molecular flexibility index (Phi) is 6.43. The van der Waals surface area contributed by atoms with Crippen molar-refractivity contribution < 1.29 is 11.3 Å². The molecule has 0 radical (unpaired) electrons. The van der Waals surface area contributed by atoms with Crippen molar-refractivity contribution in [3.63, 3.8) is 0 Å². The maximum absolute atomic E-state index is 8.81. The SMILES string of the molecule is [2H]c1c([2H])c([2H])c(-c2cc3c4cccc(-c5ccc(N(c6ccc(-c7ccccc7)cc6)c6ccc7c(c6)C(C)(C)c6ccccc6-7)cc5)c4oc3c3ccccc23)c([2H])c1[2H]. The molecule has 0 fully saturated rings. The van der Waals surface area contributed by atoms with Gasteiger partial charge in [-0.15, -0.1) is 0 Å². The highest BCUT2D eigenvalue weighted by atomic mass is 16.3. The standard InChI is InChI=1S/C55H39NO/c1-55(2)51-23-12-11-19-45(51)46-33-32-42(34-52(46)55)56(40-28-24-37(25-29-40)36-14-5-3-6-15-36)41-30-26-39(27-31-41)43-21-13-22-48-50-35-49(38-16-7-4-8-17-38)44-18-9-10-20-47(44)54(50)57-53(43)48/h3-35H,1-2H3/i4D,7D,8D,16D,17D. The third-order valence-electron chi connectivity index (χ3n) is 11.8. The van der Waals surface area contributed by atoms with E-state index in [2.05, 4.69) is 140 Å². The third kappa shape index (κ3) is 5.33. The van der Waals surface area contributed by atoms with Crippen LogP contribution in [-0.4, -0.2) is 0 Å². The van der Waals surface area contributed by atoms with Crippen LogP contribution >= 0.6 is 0 Å². The van der Waals surface area contributed by atoms with E-state index in [0.29, 0.717) is 16.7 Å². The van der Waals surface area contributed by atoms with Crippen molar-refractivity contribution in [2.24, 2.45) is 0 Å². The third-order valence-corrected chi connectivity index (χ3v) is 11.8. The first kappa shape index (κ1) is 28.3. The van der Waals surface area contributed by atoms with E-state index in [1.54, 1.807) is 0 Å². The minimum absolute atomic E-state index is 0.152. The van der Waals surface area contributed by atoms with Crippen molar-refractivity contribution >= 4 is 49.8 Å². The Labute approximate surface area is 339 Å². The Morgan fingerprint density at radius 3 is 1.75 bits per heavy atom. The van der Waals surface area contributed by atoms with Crippen LogP contribution in [0.5, 0.6) is 0 Å². The topological polar surface area (TPSA) is 16.4 Å². The molecular weight excluding hydrogens is 691 g/mol. The molecule has 0 saturated carbocycles. The van der Waals surface area contributed by atoms with E-state index in [1.807, 2.05) is 48.5 Å². The second-order valence-corrected chi connectivity index (χ2v) is 15.3. The molecule has 2 heteroatoms. The Morgan fingerprint density at radius 1 is 0.404 bits per heavy atom. The summed E-state index contributed by atoms with van der Waals surface area (Å²) in [5, 5.41) is 3.24. The van der Waals surface area contributed by atoms with Gasteiger partial charge >= 0.3 is 0 Å². The maximum atomic E-state index is 8.81. The van der Waals surface area contributed by atoms with Gasteiger partial charge in [0.05, 0.1) is 6.85 Å². The molecule has 2 nitrogen and oxygen atoms in total. The van der Waals surface area contributed by atoms with Crippen molar-refractivity contribution in [1.82, 2.24) is 0 Å². The first-order valence-electron chi connectivity index (χ1n) is 21.8. The number of hydrogen-bond acceptors (Lipinski definition) is 2. The van der Waals surface area contributed by atoms with Crippen LogP contribution in [0.4, 0.5) is 17.1 Å². The summed E-state index contributed by atoms with van der Waals surface area (Å²) in [7, 11) is 0. The van der Waals surface area contributed by atoms with Crippen LogP contribution < -0.4 is 4.90 Å². The number of hydrogen-bond donors (Lipinski definition) is 0. The van der Waals surface area contributed by atoms with Gasteiger partial charge in [0.25, 0.3) is 0 Å². The van der Waals surface area contributed by atoms with Gasteiger partial charge in [-0.3, -0.25) is 0 Å². The van der Waals surface area contributed by atoms with Gasteiger partial charge in [0.1, 0.15) is 11.2 Å². The van der Waals surface area contributed by atoms with Crippen molar-refractivity contribution in [3.05, 3.63) is 211 Å². The van der Waals surface area contributed by atoms with Gasteiger partial charge in [-0.05, 0) is 97.9 Å². The molecule has 57 heavy (non-hydrogen) atoms. The van der Waals surface area contributed by atoms with Crippen molar-refractivity contribution in [2.75, 3.05) is 4.90 Å². The van der Waals surface area contributed by atoms with E-state index in [0.717, 1.165) is 55.3 Å². The van der Waals surface area contributed by atoms with Gasteiger partial charge in [0.15, 0.2) is 0 Å². The second-order valence-electron chi connectivity index (χ2n) is 15.3. The summed E-state index contributed by atoms with van der Waals surface area (Å²) in [5.74, 6) is 0. The lowest BCUT2D eigenvalue weighted by atomic mass is 9.82. The summed E-state index contributed by atoms with van der Waals surface area (Å²) in [4.78, 5) is 2.33. The molecule has 0 unspecified atom stereocenters. The Balaban J connectivity index is 1.04.